The summed E-state index contributed by atoms with van der Waals surface area (Å²) in [5, 5.41) is 8.62. The van der Waals surface area contributed by atoms with E-state index in [1.54, 1.807) is 6.20 Å². The molecule has 0 atom stereocenters. The van der Waals surface area contributed by atoms with Crippen molar-refractivity contribution in [2.75, 3.05) is 13.2 Å². The third-order valence-electron chi connectivity index (χ3n) is 3.01. The van der Waals surface area contributed by atoms with Crippen molar-refractivity contribution in [3.8, 4) is 0 Å². The zero-order chi connectivity index (χ0) is 11.4. The first-order valence-electron chi connectivity index (χ1n) is 5.44. The molecule has 4 nitrogen and oxygen atoms in total. The number of carboxylic acids is 1. The van der Waals surface area contributed by atoms with Gasteiger partial charge in [0.25, 0.3) is 0 Å². The van der Waals surface area contributed by atoms with Crippen LogP contribution in [-0.4, -0.2) is 29.3 Å². The summed E-state index contributed by atoms with van der Waals surface area (Å²) >= 11 is 0. The Balaban J connectivity index is 2.00. The number of ether oxygens (including phenoxy) is 1. The first-order valence-corrected chi connectivity index (χ1v) is 5.44. The number of hydrogen-bond donors (Lipinski definition) is 1. The summed E-state index contributed by atoms with van der Waals surface area (Å²) in [4.78, 5) is 14.8. The summed E-state index contributed by atoms with van der Waals surface area (Å²) in [5.41, 5.74) is 0.975. The number of pyridine rings is 1. The van der Waals surface area contributed by atoms with Gasteiger partial charge >= 0.3 is 5.97 Å². The normalized spacial score (nSPS) is 17.8. The molecule has 0 aliphatic carbocycles. The first kappa shape index (κ1) is 11.1. The summed E-state index contributed by atoms with van der Waals surface area (Å²) in [6.45, 7) is 1.31. The number of carboxylic acid groups (broad SMARTS) is 1. The van der Waals surface area contributed by atoms with E-state index in [2.05, 4.69) is 4.98 Å². The van der Waals surface area contributed by atoms with E-state index >= 15 is 0 Å². The fourth-order valence-electron chi connectivity index (χ4n) is 2.02. The molecule has 1 aliphatic heterocycles. The van der Waals surface area contributed by atoms with Crippen molar-refractivity contribution in [2.45, 2.75) is 24.7 Å². The Bertz CT molecular complexity index is 360. The van der Waals surface area contributed by atoms with Gasteiger partial charge in [0.05, 0.1) is 24.3 Å². The molecule has 2 heterocycles. The van der Waals surface area contributed by atoms with Crippen LogP contribution in [0, 0.1) is 0 Å². The van der Waals surface area contributed by atoms with E-state index < -0.39 is 5.97 Å². The number of carbonyl (C=O) groups is 1. The van der Waals surface area contributed by atoms with Gasteiger partial charge in [0, 0.05) is 12.6 Å². The summed E-state index contributed by atoms with van der Waals surface area (Å²) in [6, 6.07) is 5.83. The van der Waals surface area contributed by atoms with Crippen LogP contribution in [0.4, 0.5) is 0 Å². The Morgan fingerprint density at radius 3 is 2.81 bits per heavy atom. The van der Waals surface area contributed by atoms with Crippen LogP contribution in [0.5, 0.6) is 0 Å². The molecular formula is C12H15NO3. The van der Waals surface area contributed by atoms with E-state index in [0.717, 1.165) is 12.1 Å². The molecule has 0 radical (unpaired) electrons. The first-order chi connectivity index (χ1) is 7.73. The highest BCUT2D eigenvalue weighted by molar-refractivity contribution is 5.66. The standard InChI is InChI=1S/C12H15NO3/c14-11(15)5-3-6-12(8-16-9-12)10-4-1-2-7-13-10/h1-2,4,7H,3,5-6,8-9H2,(H,14,15). The van der Waals surface area contributed by atoms with Crippen LogP contribution in [0.1, 0.15) is 25.0 Å². The summed E-state index contributed by atoms with van der Waals surface area (Å²) in [6.07, 6.45) is 3.49. The molecule has 1 aromatic rings. The van der Waals surface area contributed by atoms with Gasteiger partial charge in [-0.3, -0.25) is 9.78 Å². The van der Waals surface area contributed by atoms with E-state index in [4.69, 9.17) is 9.84 Å². The monoisotopic (exact) mass is 221 g/mol. The lowest BCUT2D eigenvalue weighted by atomic mass is 9.77. The highest BCUT2D eigenvalue weighted by Gasteiger charge is 2.40. The zero-order valence-electron chi connectivity index (χ0n) is 9.06. The highest BCUT2D eigenvalue weighted by Crippen LogP contribution is 2.35. The third kappa shape index (κ3) is 2.22. The van der Waals surface area contributed by atoms with Gasteiger partial charge in [-0.15, -0.1) is 0 Å². The lowest BCUT2D eigenvalue weighted by molar-refractivity contribution is -0.137. The van der Waals surface area contributed by atoms with Crippen LogP contribution in [0.3, 0.4) is 0 Å². The van der Waals surface area contributed by atoms with Gasteiger partial charge in [-0.05, 0) is 25.0 Å². The van der Waals surface area contributed by atoms with Gasteiger partial charge in [-0.1, -0.05) is 6.07 Å². The zero-order valence-corrected chi connectivity index (χ0v) is 9.06. The molecule has 1 N–H and O–H groups in total. The van der Waals surface area contributed by atoms with Gasteiger partial charge in [-0.2, -0.15) is 0 Å². The topological polar surface area (TPSA) is 59.4 Å². The second kappa shape index (κ2) is 4.61. The van der Waals surface area contributed by atoms with Crippen LogP contribution in [0.15, 0.2) is 24.4 Å². The fraction of sp³-hybridized carbons (Fsp3) is 0.500. The van der Waals surface area contributed by atoms with E-state index in [-0.39, 0.29) is 11.8 Å². The number of hydrogen-bond acceptors (Lipinski definition) is 3. The van der Waals surface area contributed by atoms with Crippen molar-refractivity contribution >= 4 is 5.97 Å². The molecule has 16 heavy (non-hydrogen) atoms. The van der Waals surface area contributed by atoms with Crippen molar-refractivity contribution in [1.82, 2.24) is 4.98 Å². The molecule has 0 aromatic carbocycles. The molecule has 1 saturated heterocycles. The van der Waals surface area contributed by atoms with Crippen LogP contribution in [-0.2, 0) is 14.9 Å². The van der Waals surface area contributed by atoms with E-state index in [0.29, 0.717) is 19.6 Å². The Morgan fingerprint density at radius 1 is 1.50 bits per heavy atom. The molecule has 0 amide bonds. The molecule has 86 valence electrons. The Kier molecular flexibility index (Phi) is 3.19. The summed E-state index contributed by atoms with van der Waals surface area (Å²) in [7, 11) is 0. The lowest BCUT2D eigenvalue weighted by Crippen LogP contribution is -2.47. The van der Waals surface area contributed by atoms with Gasteiger partial charge in [0.15, 0.2) is 0 Å². The summed E-state index contributed by atoms with van der Waals surface area (Å²) in [5.74, 6) is -0.739. The van der Waals surface area contributed by atoms with Crippen molar-refractivity contribution in [1.29, 1.82) is 0 Å². The van der Waals surface area contributed by atoms with Crippen LogP contribution >= 0.6 is 0 Å². The molecule has 1 aliphatic rings. The minimum Gasteiger partial charge on any atom is -0.481 e. The van der Waals surface area contributed by atoms with Gasteiger partial charge in [0.1, 0.15) is 0 Å². The number of aliphatic carboxylic acids is 1. The third-order valence-corrected chi connectivity index (χ3v) is 3.01. The number of rotatable bonds is 5. The van der Waals surface area contributed by atoms with Crippen LogP contribution < -0.4 is 0 Å². The van der Waals surface area contributed by atoms with Crippen LogP contribution in [0.2, 0.25) is 0 Å². The quantitative estimate of drug-likeness (QED) is 0.820. The lowest BCUT2D eigenvalue weighted by Gasteiger charge is -2.41. The minimum absolute atomic E-state index is 0.0449. The van der Waals surface area contributed by atoms with Gasteiger partial charge in [0.2, 0.25) is 0 Å². The molecule has 0 unspecified atom stereocenters. The molecule has 0 bridgehead atoms. The molecule has 1 aromatic heterocycles. The number of aromatic nitrogens is 1. The molecule has 2 rings (SSSR count). The molecular weight excluding hydrogens is 206 g/mol. The summed E-state index contributed by atoms with van der Waals surface area (Å²) < 4.78 is 5.26. The predicted molar refractivity (Wildman–Crippen MR) is 58.2 cm³/mol. The highest BCUT2D eigenvalue weighted by atomic mass is 16.5. The SMILES string of the molecule is O=C(O)CCCC1(c2ccccn2)COC1. The maximum atomic E-state index is 10.5. The Morgan fingerprint density at radius 2 is 2.31 bits per heavy atom. The van der Waals surface area contributed by atoms with Crippen molar-refractivity contribution in [3.05, 3.63) is 30.1 Å². The van der Waals surface area contributed by atoms with Crippen molar-refractivity contribution < 1.29 is 14.6 Å². The predicted octanol–water partition coefficient (Wildman–Crippen LogP) is 1.60. The van der Waals surface area contributed by atoms with E-state index in [1.807, 2.05) is 18.2 Å². The molecule has 0 spiro atoms. The Labute approximate surface area is 94.3 Å². The van der Waals surface area contributed by atoms with Gasteiger partial charge in [-0.25, -0.2) is 0 Å². The smallest absolute Gasteiger partial charge is 0.303 e. The second-order valence-electron chi connectivity index (χ2n) is 4.24. The maximum absolute atomic E-state index is 10.5. The average Bonchev–Trinajstić information content (AvgIpc) is 2.23. The maximum Gasteiger partial charge on any atom is 0.303 e. The largest absolute Gasteiger partial charge is 0.481 e. The van der Waals surface area contributed by atoms with Gasteiger partial charge < -0.3 is 9.84 Å². The second-order valence-corrected chi connectivity index (χ2v) is 4.24. The number of nitrogens with zero attached hydrogens (tertiary/aromatic N) is 1. The fourth-order valence-corrected chi connectivity index (χ4v) is 2.02. The Hall–Kier alpha value is -1.42. The minimum atomic E-state index is -0.739. The molecule has 1 fully saturated rings. The average molecular weight is 221 g/mol. The molecule has 0 saturated carbocycles. The van der Waals surface area contributed by atoms with E-state index in [9.17, 15) is 4.79 Å². The van der Waals surface area contributed by atoms with E-state index in [1.165, 1.54) is 0 Å². The molecule has 4 heteroatoms. The van der Waals surface area contributed by atoms with Crippen LogP contribution in [0.25, 0.3) is 0 Å². The van der Waals surface area contributed by atoms with Crippen molar-refractivity contribution in [3.63, 3.8) is 0 Å². The van der Waals surface area contributed by atoms with Crippen molar-refractivity contribution in [2.24, 2.45) is 0 Å².